The number of hydrogen-bond acceptors (Lipinski definition) is 4. The molecule has 0 aliphatic carbocycles. The van der Waals surface area contributed by atoms with Gasteiger partial charge in [0.15, 0.2) is 5.82 Å². The molecule has 96 valence electrons. The maximum Gasteiger partial charge on any atom is 0.159 e. The molecule has 0 radical (unpaired) electrons. The Labute approximate surface area is 117 Å². The number of halogens is 1. The highest BCUT2D eigenvalue weighted by Gasteiger charge is 2.15. The van der Waals surface area contributed by atoms with Crippen molar-refractivity contribution < 1.29 is 4.74 Å². The summed E-state index contributed by atoms with van der Waals surface area (Å²) in [5.41, 5.74) is 1.00. The van der Waals surface area contributed by atoms with Crippen LogP contribution in [0.1, 0.15) is 44.3 Å². The van der Waals surface area contributed by atoms with Crippen LogP contribution in [-0.2, 0) is 4.74 Å². The van der Waals surface area contributed by atoms with Gasteiger partial charge in [-0.1, -0.05) is 13.8 Å². The lowest BCUT2D eigenvalue weighted by atomic mass is 10.2. The van der Waals surface area contributed by atoms with Gasteiger partial charge in [0.2, 0.25) is 0 Å². The van der Waals surface area contributed by atoms with Crippen molar-refractivity contribution in [2.45, 2.75) is 39.7 Å². The lowest BCUT2D eigenvalue weighted by molar-refractivity contribution is 0.0925. The molecule has 0 amide bonds. The van der Waals surface area contributed by atoms with Crippen LogP contribution in [0.25, 0.3) is 0 Å². The molecule has 0 aromatic carbocycles. The quantitative estimate of drug-likeness (QED) is 0.801. The molecule has 4 nitrogen and oxygen atoms in total. The molecule has 1 heterocycles. The highest BCUT2D eigenvalue weighted by Crippen LogP contribution is 2.23. The fraction of sp³-hybridized carbons (Fsp3) is 0.667. The van der Waals surface area contributed by atoms with E-state index in [2.05, 4.69) is 51.7 Å². The van der Waals surface area contributed by atoms with Gasteiger partial charge in [-0.25, -0.2) is 9.97 Å². The Balaban J connectivity index is 3.04. The van der Waals surface area contributed by atoms with E-state index in [1.54, 1.807) is 7.11 Å². The van der Waals surface area contributed by atoms with Crippen molar-refractivity contribution in [1.82, 2.24) is 9.97 Å². The van der Waals surface area contributed by atoms with Gasteiger partial charge in [0.1, 0.15) is 11.9 Å². The third kappa shape index (κ3) is 3.77. The summed E-state index contributed by atoms with van der Waals surface area (Å²) in [5.74, 6) is 1.69. The largest absolute Gasteiger partial charge is 0.373 e. The second-order valence-electron chi connectivity index (χ2n) is 3.89. The van der Waals surface area contributed by atoms with E-state index in [-0.39, 0.29) is 6.10 Å². The fourth-order valence-electron chi connectivity index (χ4n) is 1.54. The summed E-state index contributed by atoms with van der Waals surface area (Å²) in [7, 11) is 1.70. The van der Waals surface area contributed by atoms with Crippen molar-refractivity contribution in [1.29, 1.82) is 0 Å². The first-order chi connectivity index (χ1) is 8.13. The molecule has 17 heavy (non-hydrogen) atoms. The first kappa shape index (κ1) is 14.6. The molecule has 1 N–H and O–H groups in total. The number of ether oxygens (including phenoxy) is 1. The molecule has 0 saturated carbocycles. The Morgan fingerprint density at radius 1 is 1.35 bits per heavy atom. The minimum absolute atomic E-state index is 0.0205. The number of nitrogens with zero attached hydrogens (tertiary/aromatic N) is 2. The van der Waals surface area contributed by atoms with Crippen LogP contribution < -0.4 is 5.32 Å². The Kier molecular flexibility index (Phi) is 6.11. The minimum Gasteiger partial charge on any atom is -0.373 e. The Bertz CT molecular complexity index is 367. The summed E-state index contributed by atoms with van der Waals surface area (Å²) in [5, 5.41) is 3.33. The van der Waals surface area contributed by atoms with Crippen LogP contribution >= 0.6 is 22.6 Å². The Morgan fingerprint density at radius 2 is 2.06 bits per heavy atom. The van der Waals surface area contributed by atoms with Crippen LogP contribution in [0.15, 0.2) is 0 Å². The van der Waals surface area contributed by atoms with Crippen molar-refractivity contribution in [3.05, 3.63) is 15.1 Å². The lowest BCUT2D eigenvalue weighted by Gasteiger charge is -2.15. The van der Waals surface area contributed by atoms with E-state index in [1.807, 2.05) is 6.92 Å². The van der Waals surface area contributed by atoms with Gasteiger partial charge in [0.25, 0.3) is 0 Å². The minimum atomic E-state index is -0.0205. The van der Waals surface area contributed by atoms with Gasteiger partial charge in [0.05, 0.1) is 9.26 Å². The first-order valence-corrected chi connectivity index (χ1v) is 7.02. The second-order valence-corrected chi connectivity index (χ2v) is 4.97. The van der Waals surface area contributed by atoms with Crippen LogP contribution in [0.2, 0.25) is 0 Å². The number of methoxy groups -OCH3 is 1. The predicted molar refractivity (Wildman–Crippen MR) is 78.3 cm³/mol. The van der Waals surface area contributed by atoms with Crippen molar-refractivity contribution in [2.75, 3.05) is 19.0 Å². The molecule has 1 aromatic heterocycles. The standard InChI is InChI=1S/C12H20IN3O/c1-5-7-14-12-10(13)8(3)15-11(16-12)9(6-2)17-4/h9H,5-7H2,1-4H3,(H,14,15,16). The SMILES string of the molecule is CCCNc1nc(C(CC)OC)nc(C)c1I. The molecule has 0 fully saturated rings. The number of aromatic nitrogens is 2. The van der Waals surface area contributed by atoms with E-state index < -0.39 is 0 Å². The third-order valence-electron chi connectivity index (χ3n) is 2.52. The van der Waals surface area contributed by atoms with Gasteiger partial charge >= 0.3 is 0 Å². The van der Waals surface area contributed by atoms with Crippen LogP contribution in [0.3, 0.4) is 0 Å². The molecule has 1 rings (SSSR count). The molecule has 0 aliphatic heterocycles. The molecule has 0 aliphatic rings. The monoisotopic (exact) mass is 349 g/mol. The number of rotatable bonds is 6. The molecule has 0 spiro atoms. The van der Waals surface area contributed by atoms with E-state index in [9.17, 15) is 0 Å². The summed E-state index contributed by atoms with van der Waals surface area (Å²) < 4.78 is 6.47. The zero-order valence-corrected chi connectivity index (χ0v) is 13.0. The smallest absolute Gasteiger partial charge is 0.159 e. The van der Waals surface area contributed by atoms with Crippen molar-refractivity contribution >= 4 is 28.4 Å². The molecule has 0 saturated heterocycles. The van der Waals surface area contributed by atoms with Crippen molar-refractivity contribution in [2.24, 2.45) is 0 Å². The van der Waals surface area contributed by atoms with Gasteiger partial charge in [-0.2, -0.15) is 0 Å². The van der Waals surface area contributed by atoms with Gasteiger partial charge < -0.3 is 10.1 Å². The highest BCUT2D eigenvalue weighted by atomic mass is 127. The molecule has 0 bridgehead atoms. The molecular formula is C12H20IN3O. The predicted octanol–water partition coefficient (Wildman–Crippen LogP) is 3.31. The fourth-order valence-corrected chi connectivity index (χ4v) is 1.97. The summed E-state index contributed by atoms with van der Waals surface area (Å²) >= 11 is 2.28. The van der Waals surface area contributed by atoms with Crippen molar-refractivity contribution in [3.8, 4) is 0 Å². The van der Waals surface area contributed by atoms with Crippen molar-refractivity contribution in [3.63, 3.8) is 0 Å². The van der Waals surface area contributed by atoms with Crippen LogP contribution in [0, 0.1) is 10.5 Å². The maximum absolute atomic E-state index is 5.38. The maximum atomic E-state index is 5.38. The van der Waals surface area contributed by atoms with E-state index in [4.69, 9.17) is 4.74 Å². The van der Waals surface area contributed by atoms with Gasteiger partial charge in [-0.15, -0.1) is 0 Å². The van der Waals surface area contributed by atoms with E-state index in [0.29, 0.717) is 0 Å². The average Bonchev–Trinajstić information content (AvgIpc) is 2.33. The summed E-state index contributed by atoms with van der Waals surface area (Å²) in [6.45, 7) is 7.14. The second kappa shape index (κ2) is 7.10. The molecule has 1 unspecified atom stereocenters. The lowest BCUT2D eigenvalue weighted by Crippen LogP contribution is -2.12. The normalized spacial score (nSPS) is 12.5. The molecule has 1 aromatic rings. The number of aryl methyl sites for hydroxylation is 1. The summed E-state index contributed by atoms with van der Waals surface area (Å²) in [6, 6.07) is 0. The van der Waals surface area contributed by atoms with E-state index >= 15 is 0 Å². The first-order valence-electron chi connectivity index (χ1n) is 5.94. The van der Waals surface area contributed by atoms with E-state index in [0.717, 1.165) is 40.3 Å². The average molecular weight is 349 g/mol. The molecule has 1 atom stereocenters. The number of hydrogen-bond donors (Lipinski definition) is 1. The zero-order valence-electron chi connectivity index (χ0n) is 10.9. The zero-order chi connectivity index (χ0) is 12.8. The third-order valence-corrected chi connectivity index (χ3v) is 3.81. The van der Waals surface area contributed by atoms with Gasteiger partial charge in [-0.05, 0) is 42.4 Å². The number of nitrogens with one attached hydrogen (secondary N) is 1. The van der Waals surface area contributed by atoms with Gasteiger partial charge in [0, 0.05) is 13.7 Å². The number of anilines is 1. The van der Waals surface area contributed by atoms with Crippen LogP contribution in [-0.4, -0.2) is 23.6 Å². The highest BCUT2D eigenvalue weighted by molar-refractivity contribution is 14.1. The summed E-state index contributed by atoms with van der Waals surface area (Å²) in [4.78, 5) is 9.06. The van der Waals surface area contributed by atoms with Crippen LogP contribution in [0.4, 0.5) is 5.82 Å². The summed E-state index contributed by atoms with van der Waals surface area (Å²) in [6.07, 6.45) is 1.94. The van der Waals surface area contributed by atoms with Crippen LogP contribution in [0.5, 0.6) is 0 Å². The molecule has 5 heteroatoms. The van der Waals surface area contributed by atoms with E-state index in [1.165, 1.54) is 0 Å². The topological polar surface area (TPSA) is 47.0 Å². The molecular weight excluding hydrogens is 329 g/mol. The Hall–Kier alpha value is -0.430. The van der Waals surface area contributed by atoms with Gasteiger partial charge in [-0.3, -0.25) is 0 Å². The Morgan fingerprint density at radius 3 is 2.59 bits per heavy atom.